The van der Waals surface area contributed by atoms with Crippen molar-refractivity contribution < 1.29 is 9.53 Å². The zero-order valence-electron chi connectivity index (χ0n) is 11.7. The molecule has 0 aromatic heterocycles. The van der Waals surface area contributed by atoms with Crippen molar-refractivity contribution in [2.45, 2.75) is 12.8 Å². The van der Waals surface area contributed by atoms with Crippen LogP contribution in [0.3, 0.4) is 0 Å². The second-order valence-electron chi connectivity index (χ2n) is 5.75. The summed E-state index contributed by atoms with van der Waals surface area (Å²) >= 11 is 0. The van der Waals surface area contributed by atoms with Gasteiger partial charge in [-0.2, -0.15) is 0 Å². The maximum absolute atomic E-state index is 12.4. The van der Waals surface area contributed by atoms with Crippen LogP contribution in [0, 0.1) is 11.8 Å². The zero-order valence-corrected chi connectivity index (χ0v) is 11.7. The highest BCUT2D eigenvalue weighted by atomic mass is 16.5. The highest BCUT2D eigenvalue weighted by Crippen LogP contribution is 2.36. The molecule has 0 fully saturated rings. The Hall–Kier alpha value is -2.35. The number of ether oxygens (including phenoxy) is 1. The van der Waals surface area contributed by atoms with Gasteiger partial charge in [-0.05, 0) is 41.7 Å². The van der Waals surface area contributed by atoms with Crippen molar-refractivity contribution in [3.63, 3.8) is 0 Å². The molecule has 3 aliphatic carbocycles. The smallest absolute Gasteiger partial charge is 0.339 e. The van der Waals surface area contributed by atoms with Crippen molar-refractivity contribution in [1.29, 1.82) is 0 Å². The van der Waals surface area contributed by atoms with Gasteiger partial charge < -0.3 is 4.74 Å². The number of allylic oxidation sites excluding steroid dienone is 3. The van der Waals surface area contributed by atoms with Gasteiger partial charge in [0.1, 0.15) is 5.75 Å². The van der Waals surface area contributed by atoms with Gasteiger partial charge in [0.15, 0.2) is 0 Å². The third-order valence-corrected chi connectivity index (χ3v) is 4.36. The first-order valence-electron chi connectivity index (χ1n) is 7.40. The van der Waals surface area contributed by atoms with E-state index in [9.17, 15) is 4.79 Å². The van der Waals surface area contributed by atoms with Crippen LogP contribution in [0.1, 0.15) is 12.8 Å². The van der Waals surface area contributed by atoms with Crippen molar-refractivity contribution in [2.75, 3.05) is 0 Å². The standard InChI is InChI=1S/C19H16O2/c20-19(18-11-13-5-7-15(18)8-6-13)21-17-10-9-14-3-1-2-4-16(14)12-17/h1-5,7,9-13,15H,6,8H2/t13-,15+/m1/s1. The summed E-state index contributed by atoms with van der Waals surface area (Å²) in [7, 11) is 0. The highest BCUT2D eigenvalue weighted by molar-refractivity contribution is 5.92. The Kier molecular flexibility index (Phi) is 2.88. The Morgan fingerprint density at radius 1 is 1.00 bits per heavy atom. The summed E-state index contributed by atoms with van der Waals surface area (Å²) in [5.74, 6) is 1.06. The van der Waals surface area contributed by atoms with Gasteiger partial charge in [-0.15, -0.1) is 0 Å². The van der Waals surface area contributed by atoms with Crippen molar-refractivity contribution in [3.05, 3.63) is 66.3 Å². The second-order valence-corrected chi connectivity index (χ2v) is 5.75. The van der Waals surface area contributed by atoms with E-state index >= 15 is 0 Å². The summed E-state index contributed by atoms with van der Waals surface area (Å²) in [6, 6.07) is 13.8. The summed E-state index contributed by atoms with van der Waals surface area (Å²) in [4.78, 5) is 12.4. The van der Waals surface area contributed by atoms with Crippen molar-refractivity contribution >= 4 is 16.7 Å². The maximum atomic E-state index is 12.4. The lowest BCUT2D eigenvalue weighted by molar-refractivity contribution is -0.130. The van der Waals surface area contributed by atoms with Gasteiger partial charge in [0.05, 0.1) is 0 Å². The van der Waals surface area contributed by atoms with Gasteiger partial charge >= 0.3 is 5.97 Å². The number of hydrogen-bond donors (Lipinski definition) is 0. The lowest BCUT2D eigenvalue weighted by Gasteiger charge is -2.29. The molecule has 104 valence electrons. The van der Waals surface area contributed by atoms with Crippen LogP contribution in [-0.4, -0.2) is 5.97 Å². The minimum atomic E-state index is -0.204. The fourth-order valence-corrected chi connectivity index (χ4v) is 3.21. The number of benzene rings is 2. The fraction of sp³-hybridized carbons (Fsp3) is 0.211. The van der Waals surface area contributed by atoms with E-state index in [1.54, 1.807) is 0 Å². The predicted molar refractivity (Wildman–Crippen MR) is 83.0 cm³/mol. The molecule has 0 saturated carbocycles. The normalized spacial score (nSPS) is 23.1. The van der Waals surface area contributed by atoms with E-state index in [2.05, 4.69) is 18.2 Å². The molecule has 0 aliphatic heterocycles. The van der Waals surface area contributed by atoms with Crippen molar-refractivity contribution in [1.82, 2.24) is 0 Å². The highest BCUT2D eigenvalue weighted by Gasteiger charge is 2.29. The zero-order chi connectivity index (χ0) is 14.2. The molecule has 0 radical (unpaired) electrons. The molecule has 2 bridgehead atoms. The van der Waals surface area contributed by atoms with Crippen LogP contribution >= 0.6 is 0 Å². The first-order valence-corrected chi connectivity index (χ1v) is 7.40. The van der Waals surface area contributed by atoms with Crippen molar-refractivity contribution in [2.24, 2.45) is 11.8 Å². The number of esters is 1. The minimum Gasteiger partial charge on any atom is -0.423 e. The van der Waals surface area contributed by atoms with Crippen LogP contribution in [0.15, 0.2) is 66.3 Å². The van der Waals surface area contributed by atoms with E-state index in [1.165, 1.54) is 0 Å². The molecule has 2 nitrogen and oxygen atoms in total. The van der Waals surface area contributed by atoms with Gasteiger partial charge in [0.25, 0.3) is 0 Å². The second kappa shape index (κ2) is 4.88. The number of rotatable bonds is 2. The molecule has 0 unspecified atom stereocenters. The predicted octanol–water partition coefficient (Wildman–Crippen LogP) is 4.27. The van der Waals surface area contributed by atoms with Crippen LogP contribution in [0.2, 0.25) is 0 Å². The van der Waals surface area contributed by atoms with Crippen LogP contribution in [0.4, 0.5) is 0 Å². The van der Waals surface area contributed by atoms with E-state index in [4.69, 9.17) is 4.74 Å². The fourth-order valence-electron chi connectivity index (χ4n) is 3.21. The average Bonchev–Trinajstić information content (AvgIpc) is 2.56. The number of carbonyl (C=O) groups is 1. The van der Waals surface area contributed by atoms with E-state index in [-0.39, 0.29) is 11.9 Å². The summed E-state index contributed by atoms with van der Waals surface area (Å²) in [5, 5.41) is 2.23. The molecule has 5 rings (SSSR count). The molecule has 2 heteroatoms. The molecule has 2 atom stereocenters. The quantitative estimate of drug-likeness (QED) is 0.465. The van der Waals surface area contributed by atoms with Gasteiger partial charge in [-0.25, -0.2) is 4.79 Å². The topological polar surface area (TPSA) is 26.3 Å². The Bertz CT molecular complexity index is 770. The Morgan fingerprint density at radius 2 is 1.86 bits per heavy atom. The molecular weight excluding hydrogens is 260 g/mol. The summed E-state index contributed by atoms with van der Waals surface area (Å²) in [5.41, 5.74) is 0.821. The van der Waals surface area contributed by atoms with Gasteiger partial charge in [-0.1, -0.05) is 48.6 Å². The summed E-state index contributed by atoms with van der Waals surface area (Å²) < 4.78 is 5.57. The molecule has 2 aromatic carbocycles. The Morgan fingerprint density at radius 3 is 2.57 bits per heavy atom. The monoisotopic (exact) mass is 276 g/mol. The van der Waals surface area contributed by atoms with E-state index in [0.29, 0.717) is 11.7 Å². The lowest BCUT2D eigenvalue weighted by atomic mass is 9.77. The molecule has 21 heavy (non-hydrogen) atoms. The number of fused-ring (bicyclic) bond motifs is 2. The van der Waals surface area contributed by atoms with Crippen molar-refractivity contribution in [3.8, 4) is 5.75 Å². The maximum Gasteiger partial charge on any atom is 0.339 e. The average molecular weight is 276 g/mol. The van der Waals surface area contributed by atoms with Gasteiger partial charge in [0.2, 0.25) is 0 Å². The Labute approximate surface area is 123 Å². The van der Waals surface area contributed by atoms with Crippen LogP contribution in [0.25, 0.3) is 10.8 Å². The third kappa shape index (κ3) is 2.27. The van der Waals surface area contributed by atoms with E-state index in [1.807, 2.05) is 42.5 Å². The number of carbonyl (C=O) groups excluding carboxylic acids is 1. The van der Waals surface area contributed by atoms with Gasteiger partial charge in [-0.3, -0.25) is 0 Å². The summed E-state index contributed by atoms with van der Waals surface area (Å²) in [6.07, 6.45) is 8.61. The summed E-state index contributed by atoms with van der Waals surface area (Å²) in [6.45, 7) is 0. The van der Waals surface area contributed by atoms with Crippen LogP contribution in [0.5, 0.6) is 5.75 Å². The van der Waals surface area contributed by atoms with Crippen LogP contribution in [-0.2, 0) is 4.79 Å². The molecule has 2 aromatic rings. The van der Waals surface area contributed by atoms with Crippen LogP contribution < -0.4 is 4.74 Å². The third-order valence-electron chi connectivity index (χ3n) is 4.36. The number of hydrogen-bond acceptors (Lipinski definition) is 2. The SMILES string of the molecule is O=C(Oc1ccc2ccccc2c1)C1=C[C@@H]2C=C[C@H]1CC2. The molecule has 0 spiro atoms. The molecule has 0 amide bonds. The van der Waals surface area contributed by atoms with E-state index < -0.39 is 0 Å². The molecule has 0 saturated heterocycles. The Balaban J connectivity index is 1.58. The molecule has 3 aliphatic rings. The lowest BCUT2D eigenvalue weighted by Crippen LogP contribution is -2.25. The molecule has 0 heterocycles. The minimum absolute atomic E-state index is 0.204. The largest absolute Gasteiger partial charge is 0.423 e. The first kappa shape index (κ1) is 12.4. The van der Waals surface area contributed by atoms with Gasteiger partial charge in [0, 0.05) is 11.5 Å². The van der Waals surface area contributed by atoms with E-state index in [0.717, 1.165) is 29.2 Å². The molecule has 0 N–H and O–H groups in total. The molecular formula is C19H16O2. The first-order chi connectivity index (χ1) is 10.3.